The molecule has 0 bridgehead atoms. The van der Waals surface area contributed by atoms with E-state index < -0.39 is 0 Å². The molecule has 1 saturated carbocycles. The number of hydrazine groups is 1. The molecule has 8 heteroatoms. The number of amides is 2. The Labute approximate surface area is 178 Å². The topological polar surface area (TPSA) is 111 Å². The third-order valence-electron chi connectivity index (χ3n) is 6.11. The van der Waals surface area contributed by atoms with Crippen LogP contribution in [0.5, 0.6) is 0 Å². The molecule has 1 aliphatic carbocycles. The van der Waals surface area contributed by atoms with Gasteiger partial charge in [0.15, 0.2) is 0 Å². The van der Waals surface area contributed by atoms with E-state index in [0.717, 1.165) is 29.1 Å². The zero-order valence-corrected chi connectivity index (χ0v) is 16.5. The lowest BCUT2D eigenvalue weighted by Crippen LogP contribution is -2.32. The molecule has 154 valence electrons. The van der Waals surface area contributed by atoms with E-state index in [4.69, 9.17) is 0 Å². The van der Waals surface area contributed by atoms with Gasteiger partial charge in [0.1, 0.15) is 11.9 Å². The van der Waals surface area contributed by atoms with Crippen molar-refractivity contribution in [1.29, 1.82) is 0 Å². The third kappa shape index (κ3) is 2.95. The maximum atomic E-state index is 12.9. The summed E-state index contributed by atoms with van der Waals surface area (Å²) in [6.45, 7) is 0. The first-order valence-electron chi connectivity index (χ1n) is 10.2. The lowest BCUT2D eigenvalue weighted by molar-refractivity contribution is -0.117. The number of carbonyl (C=O) groups is 2. The maximum Gasteiger partial charge on any atom is 0.270 e. The molecular weight excluding hydrogens is 392 g/mol. The smallest absolute Gasteiger partial charge is 0.270 e. The van der Waals surface area contributed by atoms with Crippen molar-refractivity contribution in [2.24, 2.45) is 5.92 Å². The monoisotopic (exact) mass is 412 g/mol. The summed E-state index contributed by atoms with van der Waals surface area (Å²) in [5.41, 5.74) is 10.3. The average molecular weight is 412 g/mol. The van der Waals surface area contributed by atoms with Crippen molar-refractivity contribution in [3.05, 3.63) is 83.6 Å². The minimum Gasteiger partial charge on any atom is -0.371 e. The summed E-state index contributed by atoms with van der Waals surface area (Å²) in [7, 11) is 0. The molecule has 8 nitrogen and oxygen atoms in total. The quantitative estimate of drug-likeness (QED) is 0.453. The Hall–Kier alpha value is -4.07. The molecule has 2 aliphatic heterocycles. The number of aromatic nitrogens is 2. The van der Waals surface area contributed by atoms with Gasteiger partial charge >= 0.3 is 0 Å². The summed E-state index contributed by atoms with van der Waals surface area (Å²) in [5.74, 6) is 0.669. The molecule has 3 heterocycles. The van der Waals surface area contributed by atoms with Gasteiger partial charge in [-0.3, -0.25) is 15.0 Å². The van der Waals surface area contributed by atoms with E-state index in [2.05, 4.69) is 43.6 Å². The van der Waals surface area contributed by atoms with Crippen LogP contribution in [0.15, 0.2) is 61.1 Å². The fourth-order valence-corrected chi connectivity index (χ4v) is 4.54. The number of hydrogen-bond donors (Lipinski definition) is 5. The summed E-state index contributed by atoms with van der Waals surface area (Å²) in [4.78, 5) is 33.0. The lowest BCUT2D eigenvalue weighted by Gasteiger charge is -2.12. The summed E-state index contributed by atoms with van der Waals surface area (Å²) in [6, 6.07) is 13.5. The summed E-state index contributed by atoms with van der Waals surface area (Å²) in [5, 5.41) is 6.44. The molecule has 1 aromatic heterocycles. The molecule has 5 N–H and O–H groups in total. The van der Waals surface area contributed by atoms with Crippen LogP contribution in [0.4, 0.5) is 11.4 Å². The zero-order chi connectivity index (χ0) is 20.9. The highest BCUT2D eigenvalue weighted by Gasteiger charge is 2.44. The second-order valence-electron chi connectivity index (χ2n) is 8.04. The Kier molecular flexibility index (Phi) is 3.86. The number of imidazole rings is 1. The third-order valence-corrected chi connectivity index (χ3v) is 6.11. The fraction of sp³-hybridized carbons (Fsp3) is 0.174. The van der Waals surface area contributed by atoms with Gasteiger partial charge in [-0.2, -0.15) is 0 Å². The van der Waals surface area contributed by atoms with Crippen molar-refractivity contribution in [2.75, 3.05) is 10.6 Å². The van der Waals surface area contributed by atoms with Gasteiger partial charge in [0.05, 0.1) is 5.56 Å². The number of nitrogens with zero attached hydrogens (tertiary/aromatic N) is 1. The van der Waals surface area contributed by atoms with Gasteiger partial charge in [-0.25, -0.2) is 4.98 Å². The van der Waals surface area contributed by atoms with Gasteiger partial charge in [0, 0.05) is 47.0 Å². The number of aromatic amines is 1. The van der Waals surface area contributed by atoms with Crippen molar-refractivity contribution in [1.82, 2.24) is 20.8 Å². The number of hydrogen-bond acceptors (Lipinski definition) is 5. The minimum absolute atomic E-state index is 0.0236. The van der Waals surface area contributed by atoms with Crippen LogP contribution in [-0.4, -0.2) is 21.8 Å². The molecular formula is C23H20N6O2. The summed E-state index contributed by atoms with van der Waals surface area (Å²) >= 11 is 0. The first kappa shape index (κ1) is 17.8. The van der Waals surface area contributed by atoms with Crippen molar-refractivity contribution < 1.29 is 9.59 Å². The highest BCUT2D eigenvalue weighted by atomic mass is 16.2. The highest BCUT2D eigenvalue weighted by Crippen LogP contribution is 2.49. The molecule has 3 aromatic rings. The van der Waals surface area contributed by atoms with Crippen molar-refractivity contribution in [2.45, 2.75) is 18.4 Å². The molecule has 6 rings (SSSR count). The number of anilines is 2. The SMILES string of the molecule is O=C1NNC=C2c3c(cc(NC(=O)[C@@H]4C[C@H]4c4ccccc4)cc31)NC2c1ncc[nH]1. The van der Waals surface area contributed by atoms with Crippen LogP contribution in [0, 0.1) is 5.92 Å². The Morgan fingerprint density at radius 1 is 1.16 bits per heavy atom. The molecule has 1 unspecified atom stereocenters. The van der Waals surface area contributed by atoms with Crippen LogP contribution in [0.2, 0.25) is 0 Å². The number of H-pyrrole nitrogens is 1. The van der Waals surface area contributed by atoms with E-state index in [0.29, 0.717) is 11.3 Å². The predicted molar refractivity (Wildman–Crippen MR) is 116 cm³/mol. The molecule has 3 aliphatic rings. The van der Waals surface area contributed by atoms with Crippen molar-refractivity contribution >= 4 is 28.8 Å². The molecule has 0 spiro atoms. The van der Waals surface area contributed by atoms with Crippen LogP contribution in [-0.2, 0) is 4.79 Å². The molecule has 2 amide bonds. The summed E-state index contributed by atoms with van der Waals surface area (Å²) < 4.78 is 0. The Morgan fingerprint density at radius 3 is 2.84 bits per heavy atom. The van der Waals surface area contributed by atoms with E-state index in [9.17, 15) is 9.59 Å². The summed E-state index contributed by atoms with van der Waals surface area (Å²) in [6.07, 6.45) is 6.07. The Bertz CT molecular complexity index is 1220. The Morgan fingerprint density at radius 2 is 2.03 bits per heavy atom. The molecule has 1 fully saturated rings. The van der Waals surface area contributed by atoms with E-state index in [1.54, 1.807) is 24.7 Å². The van der Waals surface area contributed by atoms with Crippen LogP contribution < -0.4 is 21.5 Å². The number of nitrogens with one attached hydrogen (secondary N) is 5. The van der Waals surface area contributed by atoms with Gasteiger partial charge in [0.25, 0.3) is 5.91 Å². The van der Waals surface area contributed by atoms with Crippen LogP contribution in [0.3, 0.4) is 0 Å². The molecule has 0 saturated heterocycles. The normalized spacial score (nSPS) is 22.9. The standard InChI is InChI=1S/C23H20N6O2/c30-22(15-10-14(15)12-4-2-1-3-5-12)27-13-8-16-19-17(11-26-29-23(16)31)20(28-18(19)9-13)21-24-6-7-25-21/h1-9,11,14-15,20,26,28H,10H2,(H,24,25)(H,27,30)(H,29,31)/t14-,15+,20?/m0/s1. The zero-order valence-electron chi connectivity index (χ0n) is 16.5. The van der Waals surface area contributed by atoms with Gasteiger partial charge in [-0.1, -0.05) is 30.3 Å². The van der Waals surface area contributed by atoms with Crippen LogP contribution >= 0.6 is 0 Å². The van der Waals surface area contributed by atoms with E-state index in [1.807, 2.05) is 24.3 Å². The Balaban J connectivity index is 1.29. The number of carbonyl (C=O) groups excluding carboxylic acids is 2. The van der Waals surface area contributed by atoms with Crippen molar-refractivity contribution in [3.8, 4) is 0 Å². The van der Waals surface area contributed by atoms with E-state index in [-0.39, 0.29) is 29.7 Å². The van der Waals surface area contributed by atoms with Gasteiger partial charge < -0.3 is 21.0 Å². The number of rotatable bonds is 4. The molecule has 2 aromatic carbocycles. The van der Waals surface area contributed by atoms with Crippen LogP contribution in [0.25, 0.3) is 5.57 Å². The minimum atomic E-state index is -0.255. The van der Waals surface area contributed by atoms with Crippen molar-refractivity contribution in [3.63, 3.8) is 0 Å². The van der Waals surface area contributed by atoms with E-state index >= 15 is 0 Å². The average Bonchev–Trinajstić information content (AvgIpc) is 3.30. The first-order chi connectivity index (χ1) is 15.2. The maximum absolute atomic E-state index is 12.9. The second kappa shape index (κ2) is 6.73. The van der Waals surface area contributed by atoms with Gasteiger partial charge in [-0.05, 0) is 30.0 Å². The predicted octanol–water partition coefficient (Wildman–Crippen LogP) is 2.91. The molecule has 3 atom stereocenters. The number of benzene rings is 2. The van der Waals surface area contributed by atoms with Gasteiger partial charge in [0.2, 0.25) is 5.91 Å². The van der Waals surface area contributed by atoms with Crippen LogP contribution in [0.1, 0.15) is 45.7 Å². The van der Waals surface area contributed by atoms with Gasteiger partial charge in [-0.15, -0.1) is 0 Å². The first-order valence-corrected chi connectivity index (χ1v) is 10.2. The van der Waals surface area contributed by atoms with E-state index in [1.165, 1.54) is 5.56 Å². The molecule has 0 radical (unpaired) electrons. The second-order valence-corrected chi connectivity index (χ2v) is 8.04. The molecule has 31 heavy (non-hydrogen) atoms. The largest absolute Gasteiger partial charge is 0.371 e. The fourth-order valence-electron chi connectivity index (χ4n) is 4.54. The lowest BCUT2D eigenvalue weighted by atomic mass is 9.97. The highest BCUT2D eigenvalue weighted by molar-refractivity contribution is 6.07.